The zero-order valence-corrected chi connectivity index (χ0v) is 26.6. The lowest BCUT2D eigenvalue weighted by molar-refractivity contribution is 0.740. The molecular weight excluding hydrogens is 585 g/mol. The summed E-state index contributed by atoms with van der Waals surface area (Å²) in [5, 5.41) is 4.97. The van der Waals surface area contributed by atoms with Gasteiger partial charge >= 0.3 is 0 Å². The minimum absolute atomic E-state index is 0.574. The number of fused-ring (bicyclic) bond motifs is 5. The van der Waals surface area contributed by atoms with Gasteiger partial charge in [0.25, 0.3) is 0 Å². The van der Waals surface area contributed by atoms with Gasteiger partial charge < -0.3 is 4.57 Å². The summed E-state index contributed by atoms with van der Waals surface area (Å²) in [6, 6.07) is 47.5. The van der Waals surface area contributed by atoms with E-state index in [2.05, 4.69) is 173 Å². The van der Waals surface area contributed by atoms with Crippen molar-refractivity contribution in [3.05, 3.63) is 164 Å². The molecule has 1 aliphatic carbocycles. The SMILES string of the molecule is CC1C=C(c2ccc(-c3cccc(-c4ncnc(-c5ccc(-n6c7ccccc7c7ccc8ccccc8c76)cc5)n4)c3)cc2)C=CC1. The highest BCUT2D eigenvalue weighted by atomic mass is 15.0. The van der Waals surface area contributed by atoms with Gasteiger partial charge in [-0.05, 0) is 76.4 Å². The first kappa shape index (κ1) is 28.1. The van der Waals surface area contributed by atoms with Gasteiger partial charge in [-0.3, -0.25) is 0 Å². The van der Waals surface area contributed by atoms with Crippen LogP contribution in [0.5, 0.6) is 0 Å². The van der Waals surface area contributed by atoms with E-state index in [1.165, 1.54) is 43.7 Å². The van der Waals surface area contributed by atoms with Crippen LogP contribution in [-0.4, -0.2) is 19.5 Å². The smallest absolute Gasteiger partial charge is 0.163 e. The van der Waals surface area contributed by atoms with Crippen molar-refractivity contribution in [2.75, 3.05) is 0 Å². The van der Waals surface area contributed by atoms with Crippen LogP contribution >= 0.6 is 0 Å². The van der Waals surface area contributed by atoms with Gasteiger partial charge in [0.15, 0.2) is 11.6 Å². The molecule has 0 spiro atoms. The summed E-state index contributed by atoms with van der Waals surface area (Å²) in [6.45, 7) is 2.26. The van der Waals surface area contributed by atoms with Crippen LogP contribution in [0.4, 0.5) is 0 Å². The molecule has 48 heavy (non-hydrogen) atoms. The van der Waals surface area contributed by atoms with E-state index in [0.29, 0.717) is 17.6 Å². The summed E-state index contributed by atoms with van der Waals surface area (Å²) in [5.74, 6) is 1.88. The van der Waals surface area contributed by atoms with Crippen LogP contribution in [0.15, 0.2) is 158 Å². The van der Waals surface area contributed by atoms with Gasteiger partial charge in [0.05, 0.1) is 11.0 Å². The average molecular weight is 617 g/mol. The zero-order chi connectivity index (χ0) is 32.0. The quantitative estimate of drug-likeness (QED) is 0.193. The lowest BCUT2D eigenvalue weighted by Gasteiger charge is -2.13. The molecule has 0 fully saturated rings. The Morgan fingerprint density at radius 2 is 1.29 bits per heavy atom. The second-order valence-corrected chi connectivity index (χ2v) is 12.6. The zero-order valence-electron chi connectivity index (χ0n) is 26.6. The maximum atomic E-state index is 4.92. The summed E-state index contributed by atoms with van der Waals surface area (Å²) in [5.41, 5.74) is 10.2. The Morgan fingerprint density at radius 1 is 0.583 bits per heavy atom. The largest absolute Gasteiger partial charge is 0.309 e. The first-order valence-electron chi connectivity index (χ1n) is 16.5. The minimum atomic E-state index is 0.574. The number of hydrogen-bond acceptors (Lipinski definition) is 3. The Kier molecular flexibility index (Phi) is 6.79. The molecule has 4 heteroatoms. The van der Waals surface area contributed by atoms with E-state index in [1.54, 1.807) is 6.33 Å². The van der Waals surface area contributed by atoms with Gasteiger partial charge in [-0.2, -0.15) is 0 Å². The molecule has 6 aromatic carbocycles. The van der Waals surface area contributed by atoms with Crippen molar-refractivity contribution in [1.29, 1.82) is 0 Å². The van der Waals surface area contributed by atoms with Crippen molar-refractivity contribution in [2.45, 2.75) is 13.3 Å². The molecule has 0 aliphatic heterocycles. The van der Waals surface area contributed by atoms with E-state index in [9.17, 15) is 0 Å². The Balaban J connectivity index is 1.04. The normalized spacial score (nSPS) is 14.5. The van der Waals surface area contributed by atoms with E-state index >= 15 is 0 Å². The van der Waals surface area contributed by atoms with E-state index < -0.39 is 0 Å². The number of benzene rings is 6. The van der Waals surface area contributed by atoms with Crippen molar-refractivity contribution in [2.24, 2.45) is 5.92 Å². The molecule has 0 amide bonds. The number of allylic oxidation sites excluding steroid dienone is 4. The molecule has 2 aromatic heterocycles. The van der Waals surface area contributed by atoms with Gasteiger partial charge in [-0.1, -0.05) is 122 Å². The topological polar surface area (TPSA) is 43.6 Å². The summed E-state index contributed by atoms with van der Waals surface area (Å²) in [4.78, 5) is 14.1. The molecule has 1 unspecified atom stereocenters. The summed E-state index contributed by atoms with van der Waals surface area (Å²) in [6.07, 6.45) is 9.57. The number of para-hydroxylation sites is 1. The minimum Gasteiger partial charge on any atom is -0.309 e. The second kappa shape index (κ2) is 11.6. The van der Waals surface area contributed by atoms with Crippen molar-refractivity contribution in [3.63, 3.8) is 0 Å². The molecule has 1 atom stereocenters. The molecule has 4 nitrogen and oxygen atoms in total. The molecule has 8 aromatic rings. The molecule has 0 bridgehead atoms. The maximum Gasteiger partial charge on any atom is 0.163 e. The van der Waals surface area contributed by atoms with Gasteiger partial charge in [0.2, 0.25) is 0 Å². The van der Waals surface area contributed by atoms with E-state index in [0.717, 1.165) is 34.4 Å². The third-order valence-corrected chi connectivity index (χ3v) is 9.46. The predicted molar refractivity (Wildman–Crippen MR) is 199 cm³/mol. The van der Waals surface area contributed by atoms with Crippen LogP contribution < -0.4 is 0 Å². The Bertz CT molecular complexity index is 2540. The highest BCUT2D eigenvalue weighted by molar-refractivity contribution is 6.18. The van der Waals surface area contributed by atoms with E-state index in [-0.39, 0.29) is 0 Å². The monoisotopic (exact) mass is 616 g/mol. The van der Waals surface area contributed by atoms with Gasteiger partial charge in [-0.15, -0.1) is 0 Å². The van der Waals surface area contributed by atoms with Gasteiger partial charge in [-0.25, -0.2) is 15.0 Å². The standard InChI is InChI=1S/C44H32N4/c1-29-8-6-10-34(26-29)30-16-18-31(19-17-30)35-11-7-12-36(27-35)44-46-28-45-43(47-44)33-20-23-37(24-21-33)48-41-15-5-4-14-39(41)40-25-22-32-9-2-3-13-38(32)42(40)48/h2-7,9-29H,8H2,1H3. The van der Waals surface area contributed by atoms with Crippen LogP contribution in [0.25, 0.3) is 77.7 Å². The van der Waals surface area contributed by atoms with Crippen molar-refractivity contribution < 1.29 is 0 Å². The summed E-state index contributed by atoms with van der Waals surface area (Å²) in [7, 11) is 0. The molecule has 2 heterocycles. The molecule has 1 aliphatic rings. The Hall–Kier alpha value is -6.13. The summed E-state index contributed by atoms with van der Waals surface area (Å²) < 4.78 is 2.37. The van der Waals surface area contributed by atoms with Crippen LogP contribution in [0.1, 0.15) is 18.9 Å². The number of hydrogen-bond donors (Lipinski definition) is 0. The number of aromatic nitrogens is 4. The lowest BCUT2D eigenvalue weighted by Crippen LogP contribution is -1.97. The molecular formula is C44H32N4. The fourth-order valence-corrected chi connectivity index (χ4v) is 7.06. The third-order valence-electron chi connectivity index (χ3n) is 9.46. The molecule has 0 saturated carbocycles. The summed E-state index contributed by atoms with van der Waals surface area (Å²) >= 11 is 0. The average Bonchev–Trinajstić information content (AvgIpc) is 3.50. The lowest BCUT2D eigenvalue weighted by atomic mass is 9.92. The highest BCUT2D eigenvalue weighted by Gasteiger charge is 2.15. The fraction of sp³-hybridized carbons (Fsp3) is 0.0682. The van der Waals surface area contributed by atoms with E-state index in [1.807, 2.05) is 0 Å². The molecule has 228 valence electrons. The first-order valence-corrected chi connectivity index (χ1v) is 16.5. The highest BCUT2D eigenvalue weighted by Crippen LogP contribution is 2.37. The fourth-order valence-electron chi connectivity index (χ4n) is 7.06. The molecule has 0 N–H and O–H groups in total. The predicted octanol–water partition coefficient (Wildman–Crippen LogP) is 11.1. The maximum absolute atomic E-state index is 4.92. The van der Waals surface area contributed by atoms with Crippen LogP contribution in [0.2, 0.25) is 0 Å². The van der Waals surface area contributed by atoms with Gasteiger partial charge in [0.1, 0.15) is 6.33 Å². The van der Waals surface area contributed by atoms with Crippen LogP contribution in [0.3, 0.4) is 0 Å². The number of rotatable bonds is 5. The van der Waals surface area contributed by atoms with Gasteiger partial charge in [0, 0.05) is 33.0 Å². The van der Waals surface area contributed by atoms with Crippen molar-refractivity contribution in [3.8, 4) is 39.6 Å². The molecule has 0 saturated heterocycles. The molecule has 0 radical (unpaired) electrons. The Morgan fingerprint density at radius 3 is 2.12 bits per heavy atom. The first-order chi connectivity index (χ1) is 23.7. The Labute approximate surface area is 279 Å². The number of nitrogens with zero attached hydrogens (tertiary/aromatic N) is 4. The third kappa shape index (κ3) is 4.90. The second-order valence-electron chi connectivity index (χ2n) is 12.6. The molecule has 9 rings (SSSR count). The van der Waals surface area contributed by atoms with Crippen molar-refractivity contribution >= 4 is 38.2 Å². The van der Waals surface area contributed by atoms with Crippen molar-refractivity contribution in [1.82, 2.24) is 19.5 Å². The van der Waals surface area contributed by atoms with Crippen LogP contribution in [0, 0.1) is 5.92 Å². The van der Waals surface area contributed by atoms with Crippen LogP contribution in [-0.2, 0) is 0 Å². The van der Waals surface area contributed by atoms with E-state index in [4.69, 9.17) is 4.98 Å².